The van der Waals surface area contributed by atoms with Gasteiger partial charge < -0.3 is 0 Å². The SMILES string of the molecule is CC1CCC(C(=O)[C@H](Cl)[C@H](Cl)C2CCCCC2)CC1. The molecule has 0 heterocycles. The lowest BCUT2D eigenvalue weighted by atomic mass is 9.78. The molecule has 0 spiro atoms. The molecule has 2 fully saturated rings. The van der Waals surface area contributed by atoms with Crippen LogP contribution in [-0.4, -0.2) is 16.5 Å². The van der Waals surface area contributed by atoms with E-state index in [2.05, 4.69) is 6.92 Å². The van der Waals surface area contributed by atoms with Crippen LogP contribution in [0.1, 0.15) is 64.7 Å². The molecule has 0 saturated heterocycles. The zero-order valence-electron chi connectivity index (χ0n) is 11.9. The number of carbonyl (C=O) groups excluding carboxylic acids is 1. The number of halogens is 2. The maximum absolute atomic E-state index is 12.5. The highest BCUT2D eigenvalue weighted by atomic mass is 35.5. The Morgan fingerprint density at radius 2 is 1.53 bits per heavy atom. The van der Waals surface area contributed by atoms with Crippen molar-refractivity contribution in [3.05, 3.63) is 0 Å². The van der Waals surface area contributed by atoms with Crippen LogP contribution < -0.4 is 0 Å². The summed E-state index contributed by atoms with van der Waals surface area (Å²) < 4.78 is 0. The van der Waals surface area contributed by atoms with Crippen molar-refractivity contribution in [2.45, 2.75) is 75.5 Å². The number of Topliss-reactive ketones (excluding diaryl/α,β-unsaturated/α-hetero) is 1. The predicted octanol–water partition coefficient (Wildman–Crippen LogP) is 5.18. The third-order valence-electron chi connectivity index (χ3n) is 5.07. The fourth-order valence-corrected chi connectivity index (χ4v) is 4.38. The molecular formula is C16H26Cl2O. The van der Waals surface area contributed by atoms with Gasteiger partial charge in [0.1, 0.15) is 5.38 Å². The predicted molar refractivity (Wildman–Crippen MR) is 82.0 cm³/mol. The monoisotopic (exact) mass is 304 g/mol. The molecule has 2 aliphatic rings. The van der Waals surface area contributed by atoms with Crippen LogP contribution in [0, 0.1) is 17.8 Å². The highest BCUT2D eigenvalue weighted by Gasteiger charge is 2.36. The maximum Gasteiger partial charge on any atom is 0.155 e. The van der Waals surface area contributed by atoms with E-state index in [0.717, 1.165) is 44.4 Å². The van der Waals surface area contributed by atoms with Gasteiger partial charge in [0.25, 0.3) is 0 Å². The van der Waals surface area contributed by atoms with Gasteiger partial charge in [-0.3, -0.25) is 4.79 Å². The van der Waals surface area contributed by atoms with E-state index in [0.29, 0.717) is 5.92 Å². The summed E-state index contributed by atoms with van der Waals surface area (Å²) in [5, 5.41) is -0.628. The molecule has 0 aromatic carbocycles. The molecule has 0 aliphatic heterocycles. The molecular weight excluding hydrogens is 279 g/mol. The first-order valence-corrected chi connectivity index (χ1v) is 8.78. The number of hydrogen-bond acceptors (Lipinski definition) is 1. The smallest absolute Gasteiger partial charge is 0.155 e. The van der Waals surface area contributed by atoms with Gasteiger partial charge in [-0.05, 0) is 37.5 Å². The number of rotatable bonds is 4. The fraction of sp³-hybridized carbons (Fsp3) is 0.938. The lowest BCUT2D eigenvalue weighted by Crippen LogP contribution is -2.37. The van der Waals surface area contributed by atoms with Crippen LogP contribution in [0.5, 0.6) is 0 Å². The summed E-state index contributed by atoms with van der Waals surface area (Å²) in [5.41, 5.74) is 0. The summed E-state index contributed by atoms with van der Waals surface area (Å²) in [6.45, 7) is 2.27. The zero-order chi connectivity index (χ0) is 13.8. The standard InChI is InChI=1S/C16H26Cl2O/c1-11-7-9-13(10-8-11)16(19)15(18)14(17)12-5-3-2-4-6-12/h11-15H,2-10H2,1H3/t11?,13?,14-,15-/m1/s1. The fourth-order valence-electron chi connectivity index (χ4n) is 3.62. The van der Waals surface area contributed by atoms with Gasteiger partial charge in [-0.15, -0.1) is 23.2 Å². The number of alkyl halides is 2. The van der Waals surface area contributed by atoms with E-state index in [1.807, 2.05) is 0 Å². The van der Waals surface area contributed by atoms with Gasteiger partial charge in [0.15, 0.2) is 5.78 Å². The molecule has 0 amide bonds. The van der Waals surface area contributed by atoms with Crippen molar-refractivity contribution in [2.75, 3.05) is 0 Å². The minimum absolute atomic E-state index is 0.159. The quantitative estimate of drug-likeness (QED) is 0.654. The molecule has 0 N–H and O–H groups in total. The summed E-state index contributed by atoms with van der Waals surface area (Å²) in [7, 11) is 0. The summed E-state index contributed by atoms with van der Waals surface area (Å²) in [6, 6.07) is 0. The Labute approximate surface area is 127 Å². The Bertz CT molecular complexity index is 291. The van der Waals surface area contributed by atoms with E-state index >= 15 is 0 Å². The summed E-state index contributed by atoms with van der Waals surface area (Å²) in [5.74, 6) is 1.61. The molecule has 2 rings (SSSR count). The van der Waals surface area contributed by atoms with Gasteiger partial charge >= 0.3 is 0 Å². The van der Waals surface area contributed by atoms with Crippen LogP contribution in [0.4, 0.5) is 0 Å². The second-order valence-electron chi connectivity index (χ2n) is 6.60. The van der Waals surface area contributed by atoms with Crippen molar-refractivity contribution in [3.8, 4) is 0 Å². The van der Waals surface area contributed by atoms with Gasteiger partial charge in [0, 0.05) is 5.92 Å². The van der Waals surface area contributed by atoms with E-state index in [4.69, 9.17) is 23.2 Å². The molecule has 3 heteroatoms. The molecule has 2 saturated carbocycles. The molecule has 19 heavy (non-hydrogen) atoms. The minimum atomic E-state index is -0.469. The summed E-state index contributed by atoms with van der Waals surface area (Å²) >= 11 is 12.9. The lowest BCUT2D eigenvalue weighted by Gasteiger charge is -2.31. The summed E-state index contributed by atoms with van der Waals surface area (Å²) in [6.07, 6.45) is 10.4. The first kappa shape index (κ1) is 15.6. The van der Waals surface area contributed by atoms with Crippen LogP contribution in [-0.2, 0) is 4.79 Å². The van der Waals surface area contributed by atoms with Gasteiger partial charge in [-0.2, -0.15) is 0 Å². The largest absolute Gasteiger partial charge is 0.298 e. The molecule has 0 bridgehead atoms. The average molecular weight is 305 g/mol. The molecule has 1 nitrogen and oxygen atoms in total. The van der Waals surface area contributed by atoms with Crippen LogP contribution in [0.2, 0.25) is 0 Å². The van der Waals surface area contributed by atoms with E-state index in [1.165, 1.54) is 19.3 Å². The van der Waals surface area contributed by atoms with Gasteiger partial charge in [-0.25, -0.2) is 0 Å². The molecule has 0 aromatic heterocycles. The number of carbonyl (C=O) groups is 1. The molecule has 110 valence electrons. The molecule has 0 aromatic rings. The number of ketones is 1. The molecule has 0 radical (unpaired) electrons. The van der Waals surface area contributed by atoms with Crippen molar-refractivity contribution in [1.82, 2.24) is 0 Å². The topological polar surface area (TPSA) is 17.1 Å². The second-order valence-corrected chi connectivity index (χ2v) is 7.58. The van der Waals surface area contributed by atoms with Crippen LogP contribution >= 0.6 is 23.2 Å². The van der Waals surface area contributed by atoms with Gasteiger partial charge in [-0.1, -0.05) is 39.0 Å². The summed E-state index contributed by atoms with van der Waals surface area (Å²) in [4.78, 5) is 12.5. The van der Waals surface area contributed by atoms with Crippen molar-refractivity contribution in [2.24, 2.45) is 17.8 Å². The highest BCUT2D eigenvalue weighted by Crippen LogP contribution is 2.36. The van der Waals surface area contributed by atoms with Crippen molar-refractivity contribution in [3.63, 3.8) is 0 Å². The first-order valence-electron chi connectivity index (χ1n) is 7.91. The normalized spacial score (nSPS) is 32.8. The van der Waals surface area contributed by atoms with Gasteiger partial charge in [0.05, 0.1) is 5.38 Å². The van der Waals surface area contributed by atoms with Crippen molar-refractivity contribution in [1.29, 1.82) is 0 Å². The maximum atomic E-state index is 12.5. The molecule has 2 aliphatic carbocycles. The van der Waals surface area contributed by atoms with Crippen LogP contribution in [0.3, 0.4) is 0 Å². The Morgan fingerprint density at radius 3 is 2.11 bits per heavy atom. The Morgan fingerprint density at radius 1 is 0.947 bits per heavy atom. The van der Waals surface area contributed by atoms with E-state index in [1.54, 1.807) is 0 Å². The average Bonchev–Trinajstić information content (AvgIpc) is 2.46. The third kappa shape index (κ3) is 4.11. The van der Waals surface area contributed by atoms with Crippen molar-refractivity contribution >= 4 is 29.0 Å². The third-order valence-corrected chi connectivity index (χ3v) is 6.29. The van der Waals surface area contributed by atoms with Crippen molar-refractivity contribution < 1.29 is 4.79 Å². The molecule has 2 atom stereocenters. The van der Waals surface area contributed by atoms with Gasteiger partial charge in [0.2, 0.25) is 0 Å². The van der Waals surface area contributed by atoms with E-state index in [-0.39, 0.29) is 17.1 Å². The molecule has 0 unspecified atom stereocenters. The zero-order valence-corrected chi connectivity index (χ0v) is 13.4. The Kier molecular flexibility index (Phi) is 6.02. The van der Waals surface area contributed by atoms with E-state index in [9.17, 15) is 4.79 Å². The Balaban J connectivity index is 1.86. The van der Waals surface area contributed by atoms with Crippen LogP contribution in [0.25, 0.3) is 0 Å². The van der Waals surface area contributed by atoms with E-state index < -0.39 is 5.38 Å². The first-order chi connectivity index (χ1) is 9.09. The Hall–Kier alpha value is 0.250. The lowest BCUT2D eigenvalue weighted by molar-refractivity contribution is -0.123. The highest BCUT2D eigenvalue weighted by molar-refractivity contribution is 6.38. The van der Waals surface area contributed by atoms with Crippen LogP contribution in [0.15, 0.2) is 0 Å². The number of hydrogen-bond donors (Lipinski definition) is 0. The minimum Gasteiger partial charge on any atom is -0.298 e. The second kappa shape index (κ2) is 7.31.